The van der Waals surface area contributed by atoms with Gasteiger partial charge in [-0.05, 0) is 19.4 Å². The minimum absolute atomic E-state index is 0.0517. The third kappa shape index (κ3) is 2.27. The Kier molecular flexibility index (Phi) is 4.25. The number of nitrogens with zero attached hydrogens (tertiary/aromatic N) is 2. The molecule has 0 unspecified atom stereocenters. The first-order chi connectivity index (χ1) is 8.47. The highest BCUT2D eigenvalue weighted by Crippen LogP contribution is 2.23. The topological polar surface area (TPSA) is 70.4 Å². The van der Waals surface area contributed by atoms with E-state index in [2.05, 4.69) is 21.2 Å². The zero-order valence-corrected chi connectivity index (χ0v) is 10.9. The second-order valence-corrected chi connectivity index (χ2v) is 3.65. The monoisotopic (exact) mass is 252 g/mol. The van der Waals surface area contributed by atoms with E-state index in [4.69, 9.17) is 0 Å². The van der Waals surface area contributed by atoms with E-state index in [0.29, 0.717) is 17.8 Å². The van der Waals surface area contributed by atoms with Crippen LogP contribution in [-0.4, -0.2) is 35.9 Å². The highest BCUT2D eigenvalue weighted by atomic mass is 16.5. The molecular formula is C12H16N2O4. The SMILES string of the molecule is C=C(C)c1c(C(=O)OC)c(C(=O)OC)nn1CC. The number of carbonyl (C=O) groups excluding carboxylic acids is 2. The van der Waals surface area contributed by atoms with Crippen LogP contribution in [0.1, 0.15) is 40.4 Å². The van der Waals surface area contributed by atoms with Crippen molar-refractivity contribution in [1.29, 1.82) is 0 Å². The highest BCUT2D eigenvalue weighted by molar-refractivity contribution is 6.04. The molecule has 1 rings (SSSR count). The number of carbonyl (C=O) groups is 2. The van der Waals surface area contributed by atoms with Crippen molar-refractivity contribution in [3.8, 4) is 0 Å². The third-order valence-corrected chi connectivity index (χ3v) is 2.42. The molecule has 0 bridgehead atoms. The van der Waals surface area contributed by atoms with Gasteiger partial charge in [0.1, 0.15) is 5.56 Å². The second kappa shape index (κ2) is 5.48. The first-order valence-corrected chi connectivity index (χ1v) is 5.41. The molecule has 0 aliphatic rings. The predicted molar refractivity (Wildman–Crippen MR) is 65.3 cm³/mol. The molecule has 0 aliphatic carbocycles. The molecule has 0 saturated heterocycles. The molecule has 0 N–H and O–H groups in total. The Labute approximate surface area is 105 Å². The molecule has 1 aromatic heterocycles. The lowest BCUT2D eigenvalue weighted by Gasteiger charge is -2.05. The van der Waals surface area contributed by atoms with E-state index in [9.17, 15) is 9.59 Å². The van der Waals surface area contributed by atoms with E-state index >= 15 is 0 Å². The van der Waals surface area contributed by atoms with Crippen LogP contribution in [0.5, 0.6) is 0 Å². The number of esters is 2. The van der Waals surface area contributed by atoms with Crippen LogP contribution in [0.2, 0.25) is 0 Å². The Morgan fingerprint density at radius 1 is 1.28 bits per heavy atom. The summed E-state index contributed by atoms with van der Waals surface area (Å²) < 4.78 is 10.8. The van der Waals surface area contributed by atoms with Gasteiger partial charge in [0.05, 0.1) is 19.9 Å². The number of aromatic nitrogens is 2. The van der Waals surface area contributed by atoms with Crippen LogP contribution < -0.4 is 0 Å². The van der Waals surface area contributed by atoms with Crippen molar-refractivity contribution in [3.63, 3.8) is 0 Å². The number of allylic oxidation sites excluding steroid dienone is 1. The number of hydrogen-bond donors (Lipinski definition) is 0. The predicted octanol–water partition coefficient (Wildman–Crippen LogP) is 1.51. The van der Waals surface area contributed by atoms with E-state index in [1.165, 1.54) is 18.9 Å². The molecule has 0 amide bonds. The summed E-state index contributed by atoms with van der Waals surface area (Å²) in [5, 5.41) is 4.07. The first-order valence-electron chi connectivity index (χ1n) is 5.41. The van der Waals surface area contributed by atoms with Crippen LogP contribution in [0, 0.1) is 0 Å². The minimum atomic E-state index is -0.676. The number of rotatable bonds is 4. The Morgan fingerprint density at radius 2 is 1.83 bits per heavy atom. The van der Waals surface area contributed by atoms with E-state index in [1.807, 2.05) is 6.92 Å². The Balaban J connectivity index is 3.57. The Morgan fingerprint density at radius 3 is 2.22 bits per heavy atom. The number of hydrogen-bond acceptors (Lipinski definition) is 5. The molecule has 0 aromatic carbocycles. The molecule has 0 aliphatic heterocycles. The summed E-state index contributed by atoms with van der Waals surface area (Å²) in [6.45, 7) is 7.87. The van der Waals surface area contributed by atoms with Crippen molar-refractivity contribution in [2.24, 2.45) is 0 Å². The molecule has 0 atom stereocenters. The van der Waals surface area contributed by atoms with Crippen LogP contribution in [0.15, 0.2) is 6.58 Å². The van der Waals surface area contributed by atoms with Crippen molar-refractivity contribution in [1.82, 2.24) is 9.78 Å². The molecule has 98 valence electrons. The summed E-state index contributed by atoms with van der Waals surface area (Å²) in [6.07, 6.45) is 0. The third-order valence-electron chi connectivity index (χ3n) is 2.42. The molecule has 1 aromatic rings. The van der Waals surface area contributed by atoms with E-state index in [-0.39, 0.29) is 11.3 Å². The quantitative estimate of drug-likeness (QED) is 0.759. The fourth-order valence-corrected chi connectivity index (χ4v) is 1.66. The maximum absolute atomic E-state index is 11.8. The summed E-state index contributed by atoms with van der Waals surface area (Å²) in [7, 11) is 2.48. The van der Waals surface area contributed by atoms with Gasteiger partial charge >= 0.3 is 11.9 Å². The van der Waals surface area contributed by atoms with Gasteiger partial charge in [-0.25, -0.2) is 9.59 Å². The molecule has 0 radical (unpaired) electrons. The maximum atomic E-state index is 11.8. The standard InChI is InChI=1S/C12H16N2O4/c1-6-14-10(7(2)3)8(11(15)17-4)9(13-14)12(16)18-5/h2,6H2,1,3-5H3. The molecule has 1 heterocycles. The fourth-order valence-electron chi connectivity index (χ4n) is 1.66. The first kappa shape index (κ1) is 14.0. The number of aryl methyl sites for hydroxylation is 1. The van der Waals surface area contributed by atoms with Gasteiger partial charge in [0.15, 0.2) is 5.69 Å². The lowest BCUT2D eigenvalue weighted by atomic mass is 10.1. The summed E-state index contributed by atoms with van der Waals surface area (Å²) in [6, 6.07) is 0. The van der Waals surface area contributed by atoms with Gasteiger partial charge in [0.2, 0.25) is 0 Å². The highest BCUT2D eigenvalue weighted by Gasteiger charge is 2.29. The van der Waals surface area contributed by atoms with Crippen molar-refractivity contribution in [2.75, 3.05) is 14.2 Å². The van der Waals surface area contributed by atoms with E-state index in [0.717, 1.165) is 0 Å². The smallest absolute Gasteiger partial charge is 0.359 e. The van der Waals surface area contributed by atoms with Crippen molar-refractivity contribution in [2.45, 2.75) is 20.4 Å². The fraction of sp³-hybridized carbons (Fsp3) is 0.417. The molecule has 6 nitrogen and oxygen atoms in total. The van der Waals surface area contributed by atoms with Crippen LogP contribution in [0.3, 0.4) is 0 Å². The van der Waals surface area contributed by atoms with Crippen LogP contribution >= 0.6 is 0 Å². The van der Waals surface area contributed by atoms with Gasteiger partial charge in [-0.3, -0.25) is 4.68 Å². The summed E-state index contributed by atoms with van der Waals surface area (Å²) in [4.78, 5) is 23.4. The average Bonchev–Trinajstić information content (AvgIpc) is 2.76. The molecule has 0 saturated carbocycles. The number of ether oxygens (including phenoxy) is 2. The maximum Gasteiger partial charge on any atom is 0.359 e. The molecule has 6 heteroatoms. The summed E-state index contributed by atoms with van der Waals surface area (Å²) >= 11 is 0. The van der Waals surface area contributed by atoms with E-state index in [1.54, 1.807) is 6.92 Å². The summed E-state index contributed by atoms with van der Waals surface area (Å²) in [5.41, 5.74) is 1.16. The van der Waals surface area contributed by atoms with Gasteiger partial charge in [-0.1, -0.05) is 6.58 Å². The van der Waals surface area contributed by atoms with Gasteiger partial charge in [-0.2, -0.15) is 5.10 Å². The molecule has 18 heavy (non-hydrogen) atoms. The van der Waals surface area contributed by atoms with Gasteiger partial charge in [0, 0.05) is 6.54 Å². The van der Waals surface area contributed by atoms with Gasteiger partial charge in [0.25, 0.3) is 0 Å². The van der Waals surface area contributed by atoms with Gasteiger partial charge in [-0.15, -0.1) is 0 Å². The van der Waals surface area contributed by atoms with E-state index < -0.39 is 11.9 Å². The van der Waals surface area contributed by atoms with Crippen molar-refractivity contribution < 1.29 is 19.1 Å². The summed E-state index contributed by atoms with van der Waals surface area (Å²) in [5.74, 6) is -1.31. The zero-order chi connectivity index (χ0) is 13.9. The van der Waals surface area contributed by atoms with Crippen LogP contribution in [0.4, 0.5) is 0 Å². The van der Waals surface area contributed by atoms with Gasteiger partial charge < -0.3 is 9.47 Å². The Bertz CT molecular complexity index is 502. The normalized spacial score (nSPS) is 10.0. The second-order valence-electron chi connectivity index (χ2n) is 3.65. The van der Waals surface area contributed by atoms with Crippen molar-refractivity contribution in [3.05, 3.63) is 23.5 Å². The Hall–Kier alpha value is -2.11. The average molecular weight is 252 g/mol. The lowest BCUT2D eigenvalue weighted by Crippen LogP contribution is -2.11. The zero-order valence-electron chi connectivity index (χ0n) is 10.9. The van der Waals surface area contributed by atoms with Crippen molar-refractivity contribution >= 4 is 17.5 Å². The molecule has 0 spiro atoms. The van der Waals surface area contributed by atoms with Crippen LogP contribution in [-0.2, 0) is 16.0 Å². The molecular weight excluding hydrogens is 236 g/mol. The largest absolute Gasteiger partial charge is 0.465 e. The minimum Gasteiger partial charge on any atom is -0.465 e. The van der Waals surface area contributed by atoms with Crippen LogP contribution in [0.25, 0.3) is 5.57 Å². The lowest BCUT2D eigenvalue weighted by molar-refractivity contribution is 0.0551. The molecule has 0 fully saturated rings. The number of methoxy groups -OCH3 is 2.